The normalized spacial score (nSPS) is 11.1. The number of nitrogens with one attached hydrogen (secondary N) is 1. The molecule has 0 atom stereocenters. The Morgan fingerprint density at radius 3 is 2.25 bits per heavy atom. The number of rotatable bonds is 8. The van der Waals surface area contributed by atoms with Crippen molar-refractivity contribution in [1.29, 1.82) is 0 Å². The lowest BCUT2D eigenvalue weighted by molar-refractivity contribution is 0.322. The van der Waals surface area contributed by atoms with Crippen molar-refractivity contribution < 1.29 is 22.6 Å². The van der Waals surface area contributed by atoms with Gasteiger partial charge in [-0.1, -0.05) is 0 Å². The van der Waals surface area contributed by atoms with Gasteiger partial charge in [0.15, 0.2) is 0 Å². The van der Waals surface area contributed by atoms with Crippen LogP contribution in [0.5, 0.6) is 17.2 Å². The molecular formula is C16H18INO5S. The van der Waals surface area contributed by atoms with E-state index in [1.54, 1.807) is 50.6 Å². The summed E-state index contributed by atoms with van der Waals surface area (Å²) in [5.41, 5.74) is 0. The molecule has 0 heterocycles. The molecule has 0 fully saturated rings. The second kappa shape index (κ2) is 8.54. The van der Waals surface area contributed by atoms with Gasteiger partial charge in [-0.15, -0.1) is 0 Å². The van der Waals surface area contributed by atoms with E-state index in [0.29, 0.717) is 11.5 Å². The Hall–Kier alpha value is -1.52. The van der Waals surface area contributed by atoms with E-state index >= 15 is 0 Å². The standard InChI is InChI=1S/C16H18INO5S/c1-21-12-3-5-13(6-4-12)23-10-9-18-24(19,20)14-7-8-16(22-2)15(17)11-14/h3-8,11,18H,9-10H2,1-2H3. The van der Waals surface area contributed by atoms with Gasteiger partial charge in [0.1, 0.15) is 23.9 Å². The van der Waals surface area contributed by atoms with E-state index < -0.39 is 10.0 Å². The first-order valence-corrected chi connectivity index (χ1v) is 9.62. The maximum absolute atomic E-state index is 12.3. The average Bonchev–Trinajstić information content (AvgIpc) is 2.59. The number of benzene rings is 2. The van der Waals surface area contributed by atoms with Crippen LogP contribution in [-0.2, 0) is 10.0 Å². The van der Waals surface area contributed by atoms with Gasteiger partial charge in [0.05, 0.1) is 22.7 Å². The van der Waals surface area contributed by atoms with Crippen molar-refractivity contribution in [1.82, 2.24) is 4.72 Å². The SMILES string of the molecule is COc1ccc(OCCNS(=O)(=O)c2ccc(OC)c(I)c2)cc1. The van der Waals surface area contributed by atoms with Gasteiger partial charge < -0.3 is 14.2 Å². The summed E-state index contributed by atoms with van der Waals surface area (Å²) in [7, 11) is -0.453. The second-order valence-electron chi connectivity index (χ2n) is 4.72. The van der Waals surface area contributed by atoms with Gasteiger partial charge in [0.2, 0.25) is 10.0 Å². The van der Waals surface area contributed by atoms with Crippen LogP contribution in [0.25, 0.3) is 0 Å². The molecule has 0 amide bonds. The summed E-state index contributed by atoms with van der Waals surface area (Å²) in [6.07, 6.45) is 0. The Bertz CT molecular complexity index is 778. The summed E-state index contributed by atoms with van der Waals surface area (Å²) >= 11 is 2.03. The highest BCUT2D eigenvalue weighted by molar-refractivity contribution is 14.1. The highest BCUT2D eigenvalue weighted by Crippen LogP contribution is 2.23. The van der Waals surface area contributed by atoms with E-state index in [0.717, 1.165) is 9.32 Å². The first-order valence-electron chi connectivity index (χ1n) is 7.06. The summed E-state index contributed by atoms with van der Waals surface area (Å²) in [6, 6.07) is 11.8. The van der Waals surface area contributed by atoms with E-state index in [4.69, 9.17) is 14.2 Å². The Labute approximate surface area is 155 Å². The van der Waals surface area contributed by atoms with Crippen LogP contribution >= 0.6 is 22.6 Å². The van der Waals surface area contributed by atoms with Gasteiger partial charge in [-0.25, -0.2) is 13.1 Å². The van der Waals surface area contributed by atoms with Crippen LogP contribution in [0.2, 0.25) is 0 Å². The van der Waals surface area contributed by atoms with E-state index in [1.165, 1.54) is 6.07 Å². The molecule has 2 aromatic rings. The molecule has 0 unspecified atom stereocenters. The number of halogens is 1. The smallest absolute Gasteiger partial charge is 0.240 e. The van der Waals surface area contributed by atoms with Crippen molar-refractivity contribution in [2.24, 2.45) is 0 Å². The maximum Gasteiger partial charge on any atom is 0.240 e. The van der Waals surface area contributed by atoms with Crippen LogP contribution in [0.4, 0.5) is 0 Å². The summed E-state index contributed by atoms with van der Waals surface area (Å²) < 4.78 is 43.4. The van der Waals surface area contributed by atoms with Crippen molar-refractivity contribution in [2.75, 3.05) is 27.4 Å². The van der Waals surface area contributed by atoms with E-state index in [1.807, 2.05) is 22.6 Å². The summed E-state index contributed by atoms with van der Waals surface area (Å²) in [4.78, 5) is 0.192. The average molecular weight is 463 g/mol. The van der Waals surface area contributed by atoms with Crippen molar-refractivity contribution in [3.8, 4) is 17.2 Å². The fourth-order valence-corrected chi connectivity index (χ4v) is 3.90. The molecule has 1 N–H and O–H groups in total. The minimum absolute atomic E-state index is 0.164. The van der Waals surface area contributed by atoms with Crippen molar-refractivity contribution in [2.45, 2.75) is 4.90 Å². The lowest BCUT2D eigenvalue weighted by Gasteiger charge is -2.10. The fraction of sp³-hybridized carbons (Fsp3) is 0.250. The number of hydrogen-bond donors (Lipinski definition) is 1. The predicted molar refractivity (Wildman–Crippen MR) is 99.4 cm³/mol. The third-order valence-corrected chi connectivity index (χ3v) is 5.46. The summed E-state index contributed by atoms with van der Waals surface area (Å²) in [5, 5.41) is 0. The second-order valence-corrected chi connectivity index (χ2v) is 7.65. The quantitative estimate of drug-likeness (QED) is 0.482. The van der Waals surface area contributed by atoms with Gasteiger partial charge in [-0.05, 0) is 65.1 Å². The zero-order valence-corrected chi connectivity index (χ0v) is 16.3. The van der Waals surface area contributed by atoms with Crippen LogP contribution in [0.15, 0.2) is 47.4 Å². The third kappa shape index (κ3) is 4.99. The molecule has 2 aromatic carbocycles. The number of ether oxygens (including phenoxy) is 3. The van der Waals surface area contributed by atoms with Gasteiger partial charge in [-0.3, -0.25) is 0 Å². The highest BCUT2D eigenvalue weighted by Gasteiger charge is 2.15. The fourth-order valence-electron chi connectivity index (χ4n) is 1.91. The Morgan fingerprint density at radius 2 is 1.67 bits per heavy atom. The number of sulfonamides is 1. The zero-order valence-electron chi connectivity index (χ0n) is 13.3. The van der Waals surface area contributed by atoms with Crippen LogP contribution in [0, 0.1) is 3.57 Å². The Morgan fingerprint density at radius 1 is 1.00 bits per heavy atom. The molecule has 6 nitrogen and oxygen atoms in total. The molecule has 130 valence electrons. The van der Waals surface area contributed by atoms with E-state index in [2.05, 4.69) is 4.72 Å². The molecule has 0 aliphatic carbocycles. The predicted octanol–water partition coefficient (Wildman–Crippen LogP) is 2.67. The molecule has 0 radical (unpaired) electrons. The molecule has 8 heteroatoms. The van der Waals surface area contributed by atoms with Crippen molar-refractivity contribution in [3.05, 3.63) is 46.0 Å². The monoisotopic (exact) mass is 463 g/mol. The molecule has 0 spiro atoms. The minimum Gasteiger partial charge on any atom is -0.497 e. The lowest BCUT2D eigenvalue weighted by atomic mass is 10.3. The van der Waals surface area contributed by atoms with Gasteiger partial charge in [0.25, 0.3) is 0 Å². The molecule has 2 rings (SSSR count). The van der Waals surface area contributed by atoms with Crippen molar-refractivity contribution >= 4 is 32.6 Å². The lowest BCUT2D eigenvalue weighted by Crippen LogP contribution is -2.28. The first-order chi connectivity index (χ1) is 11.5. The van der Waals surface area contributed by atoms with Crippen LogP contribution < -0.4 is 18.9 Å². The number of methoxy groups -OCH3 is 2. The Kier molecular flexibility index (Phi) is 6.69. The van der Waals surface area contributed by atoms with Crippen molar-refractivity contribution in [3.63, 3.8) is 0 Å². The molecular weight excluding hydrogens is 445 g/mol. The van der Waals surface area contributed by atoms with Crippen LogP contribution in [0.1, 0.15) is 0 Å². The summed E-state index contributed by atoms with van der Waals surface area (Å²) in [6.45, 7) is 0.385. The maximum atomic E-state index is 12.3. The van der Waals surface area contributed by atoms with E-state index in [9.17, 15) is 8.42 Å². The minimum atomic E-state index is -3.58. The molecule has 0 aromatic heterocycles. The molecule has 0 aliphatic heterocycles. The van der Waals surface area contributed by atoms with E-state index in [-0.39, 0.29) is 18.0 Å². The molecule has 0 saturated heterocycles. The topological polar surface area (TPSA) is 73.9 Å². The number of hydrogen-bond acceptors (Lipinski definition) is 5. The summed E-state index contributed by atoms with van der Waals surface area (Å²) in [5.74, 6) is 2.02. The first kappa shape index (κ1) is 18.8. The van der Waals surface area contributed by atoms with Crippen LogP contribution in [0.3, 0.4) is 0 Å². The largest absolute Gasteiger partial charge is 0.497 e. The molecule has 0 saturated carbocycles. The molecule has 0 bridgehead atoms. The van der Waals surface area contributed by atoms with Crippen LogP contribution in [-0.4, -0.2) is 35.8 Å². The Balaban J connectivity index is 1.89. The zero-order chi connectivity index (χ0) is 17.6. The highest BCUT2D eigenvalue weighted by atomic mass is 127. The van der Waals surface area contributed by atoms with Gasteiger partial charge in [-0.2, -0.15) is 0 Å². The molecule has 0 aliphatic rings. The van der Waals surface area contributed by atoms with Gasteiger partial charge in [0, 0.05) is 6.54 Å². The third-order valence-electron chi connectivity index (χ3n) is 3.16. The molecule has 24 heavy (non-hydrogen) atoms. The van der Waals surface area contributed by atoms with Gasteiger partial charge >= 0.3 is 0 Å².